The van der Waals surface area contributed by atoms with E-state index in [4.69, 9.17) is 4.74 Å². The first-order valence-corrected chi connectivity index (χ1v) is 10.9. The standard InChI is InChI=1S/C24H28N6O/c1-19-8-7-9-20(16-19)18-26-29-22-17-23(30-13-5-2-6-14-30)28-24(27-22)31-15-11-21-10-3-4-12-25-21/h3-4,7-10,12,16-17H,2,5-6,11,13-15,18H2,1H3. The van der Waals surface area contributed by atoms with Gasteiger partial charge in [0.15, 0.2) is 5.82 Å². The molecule has 0 aliphatic carbocycles. The normalized spacial score (nSPS) is 14.2. The van der Waals surface area contributed by atoms with Crippen molar-refractivity contribution in [1.82, 2.24) is 15.0 Å². The quantitative estimate of drug-likeness (QED) is 0.479. The van der Waals surface area contributed by atoms with Crippen LogP contribution >= 0.6 is 0 Å². The molecule has 0 radical (unpaired) electrons. The number of aryl methyl sites for hydroxylation is 1. The van der Waals surface area contributed by atoms with Gasteiger partial charge in [0.05, 0.1) is 13.2 Å². The Morgan fingerprint density at radius 1 is 1.00 bits per heavy atom. The molecule has 0 unspecified atom stereocenters. The van der Waals surface area contributed by atoms with Crippen LogP contribution in [0.1, 0.15) is 36.1 Å². The van der Waals surface area contributed by atoms with E-state index in [1.165, 1.54) is 24.8 Å². The Morgan fingerprint density at radius 2 is 1.90 bits per heavy atom. The fraction of sp³-hybridized carbons (Fsp3) is 0.375. The van der Waals surface area contributed by atoms with Gasteiger partial charge < -0.3 is 9.64 Å². The number of rotatable bonds is 8. The van der Waals surface area contributed by atoms with Crippen LogP contribution in [0.15, 0.2) is 65.0 Å². The Balaban J connectivity index is 1.47. The number of ether oxygens (including phenoxy) is 1. The van der Waals surface area contributed by atoms with Gasteiger partial charge in [0.25, 0.3) is 0 Å². The largest absolute Gasteiger partial charge is 0.463 e. The first kappa shape index (κ1) is 20.9. The van der Waals surface area contributed by atoms with E-state index in [2.05, 4.69) is 55.2 Å². The van der Waals surface area contributed by atoms with Crippen LogP contribution in [0, 0.1) is 6.92 Å². The molecule has 1 aliphatic rings. The topological polar surface area (TPSA) is 75.9 Å². The molecule has 0 atom stereocenters. The van der Waals surface area contributed by atoms with Crippen LogP contribution < -0.4 is 9.64 Å². The van der Waals surface area contributed by atoms with E-state index < -0.39 is 0 Å². The Morgan fingerprint density at radius 3 is 2.71 bits per heavy atom. The van der Waals surface area contributed by atoms with Crippen molar-refractivity contribution in [1.29, 1.82) is 0 Å². The minimum Gasteiger partial charge on any atom is -0.463 e. The van der Waals surface area contributed by atoms with Gasteiger partial charge in [-0.05, 0) is 43.9 Å². The highest BCUT2D eigenvalue weighted by Crippen LogP contribution is 2.24. The lowest BCUT2D eigenvalue weighted by molar-refractivity contribution is 0.295. The summed E-state index contributed by atoms with van der Waals surface area (Å²) in [5.74, 6) is 1.38. The molecule has 0 N–H and O–H groups in total. The number of piperidine rings is 1. The van der Waals surface area contributed by atoms with Crippen molar-refractivity contribution in [3.05, 3.63) is 71.5 Å². The second kappa shape index (κ2) is 10.6. The maximum absolute atomic E-state index is 5.87. The van der Waals surface area contributed by atoms with Crippen molar-refractivity contribution in [2.45, 2.75) is 39.2 Å². The lowest BCUT2D eigenvalue weighted by atomic mass is 10.1. The molecule has 4 rings (SSSR count). The van der Waals surface area contributed by atoms with Crippen molar-refractivity contribution in [2.24, 2.45) is 10.2 Å². The van der Waals surface area contributed by atoms with Crippen LogP contribution in [0.4, 0.5) is 11.6 Å². The van der Waals surface area contributed by atoms with Crippen molar-refractivity contribution in [3.8, 4) is 6.01 Å². The van der Waals surface area contributed by atoms with Gasteiger partial charge in [-0.15, -0.1) is 5.11 Å². The van der Waals surface area contributed by atoms with Gasteiger partial charge in [-0.2, -0.15) is 15.1 Å². The van der Waals surface area contributed by atoms with Gasteiger partial charge in [-0.3, -0.25) is 4.98 Å². The number of pyridine rings is 1. The molecule has 0 spiro atoms. The second-order valence-electron chi connectivity index (χ2n) is 7.72. The summed E-state index contributed by atoms with van der Waals surface area (Å²) in [5.41, 5.74) is 3.32. The van der Waals surface area contributed by atoms with Crippen molar-refractivity contribution >= 4 is 11.6 Å². The lowest BCUT2D eigenvalue weighted by Gasteiger charge is -2.27. The van der Waals surface area contributed by atoms with Crippen LogP contribution in [-0.2, 0) is 13.0 Å². The molecule has 3 heterocycles. The molecule has 1 aromatic carbocycles. The van der Waals surface area contributed by atoms with Crippen LogP contribution in [0.5, 0.6) is 6.01 Å². The minimum atomic E-state index is 0.337. The third-order valence-corrected chi connectivity index (χ3v) is 5.18. The monoisotopic (exact) mass is 416 g/mol. The van der Waals surface area contributed by atoms with Crippen molar-refractivity contribution in [2.75, 3.05) is 24.6 Å². The van der Waals surface area contributed by atoms with E-state index in [1.54, 1.807) is 6.20 Å². The van der Waals surface area contributed by atoms with Gasteiger partial charge in [-0.1, -0.05) is 35.9 Å². The summed E-state index contributed by atoms with van der Waals surface area (Å²) in [6.45, 7) is 5.03. The fourth-order valence-corrected chi connectivity index (χ4v) is 3.59. The minimum absolute atomic E-state index is 0.337. The fourth-order valence-electron chi connectivity index (χ4n) is 3.59. The highest BCUT2D eigenvalue weighted by molar-refractivity contribution is 5.47. The molecule has 0 saturated carbocycles. The highest BCUT2D eigenvalue weighted by Gasteiger charge is 2.15. The summed E-state index contributed by atoms with van der Waals surface area (Å²) >= 11 is 0. The molecule has 0 bridgehead atoms. The number of nitrogens with zero attached hydrogens (tertiary/aromatic N) is 6. The van der Waals surface area contributed by atoms with Crippen molar-refractivity contribution < 1.29 is 4.74 Å². The number of azo groups is 1. The van der Waals surface area contributed by atoms with Crippen LogP contribution in [0.3, 0.4) is 0 Å². The molecule has 7 nitrogen and oxygen atoms in total. The van der Waals surface area contributed by atoms with E-state index in [0.717, 1.165) is 30.2 Å². The maximum atomic E-state index is 5.87. The predicted octanol–water partition coefficient (Wildman–Crippen LogP) is 5.08. The van der Waals surface area contributed by atoms with Gasteiger partial charge in [-0.25, -0.2) is 0 Å². The SMILES string of the molecule is Cc1cccc(CN=Nc2cc(N3CCCCC3)nc(OCCc3ccccn3)n2)c1. The first-order valence-electron chi connectivity index (χ1n) is 10.9. The third-order valence-electron chi connectivity index (χ3n) is 5.18. The Kier molecular flexibility index (Phi) is 7.16. The van der Waals surface area contributed by atoms with Crippen LogP contribution in [-0.4, -0.2) is 34.6 Å². The van der Waals surface area contributed by atoms with E-state index in [1.807, 2.05) is 30.3 Å². The molecule has 1 saturated heterocycles. The molecule has 3 aromatic rings. The summed E-state index contributed by atoms with van der Waals surface area (Å²) in [5, 5.41) is 8.73. The third kappa shape index (κ3) is 6.31. The molecule has 160 valence electrons. The lowest BCUT2D eigenvalue weighted by Crippen LogP contribution is -2.30. The van der Waals surface area contributed by atoms with Crippen LogP contribution in [0.25, 0.3) is 0 Å². The summed E-state index contributed by atoms with van der Waals surface area (Å²) in [6, 6.07) is 16.4. The Hall–Kier alpha value is -3.35. The number of hydrogen-bond acceptors (Lipinski definition) is 7. The molecule has 1 fully saturated rings. The summed E-state index contributed by atoms with van der Waals surface area (Å²) in [4.78, 5) is 15.7. The Bertz CT molecular complexity index is 1000. The number of benzene rings is 1. The molecular weight excluding hydrogens is 388 g/mol. The van der Waals surface area contributed by atoms with Gasteiger partial charge in [0.2, 0.25) is 0 Å². The summed E-state index contributed by atoms with van der Waals surface area (Å²) < 4.78 is 5.87. The molecular formula is C24H28N6O. The average Bonchev–Trinajstić information content (AvgIpc) is 2.80. The van der Waals surface area contributed by atoms with Crippen LogP contribution in [0.2, 0.25) is 0 Å². The first-order chi connectivity index (χ1) is 15.3. The molecule has 31 heavy (non-hydrogen) atoms. The zero-order valence-electron chi connectivity index (χ0n) is 17.9. The molecule has 0 amide bonds. The highest BCUT2D eigenvalue weighted by atomic mass is 16.5. The number of anilines is 1. The van der Waals surface area contributed by atoms with E-state index in [-0.39, 0.29) is 0 Å². The second-order valence-corrected chi connectivity index (χ2v) is 7.72. The van der Waals surface area contributed by atoms with E-state index in [0.29, 0.717) is 31.4 Å². The number of aromatic nitrogens is 3. The Labute approximate surface area is 183 Å². The van der Waals surface area contributed by atoms with Gasteiger partial charge in [0, 0.05) is 37.5 Å². The van der Waals surface area contributed by atoms with E-state index >= 15 is 0 Å². The molecule has 1 aliphatic heterocycles. The zero-order chi connectivity index (χ0) is 21.3. The average molecular weight is 417 g/mol. The number of hydrogen-bond donors (Lipinski definition) is 0. The smallest absolute Gasteiger partial charge is 0.320 e. The van der Waals surface area contributed by atoms with E-state index in [9.17, 15) is 0 Å². The van der Waals surface area contributed by atoms with Gasteiger partial charge >= 0.3 is 6.01 Å². The molecule has 7 heteroatoms. The summed E-state index contributed by atoms with van der Waals surface area (Å²) in [7, 11) is 0. The van der Waals surface area contributed by atoms with Crippen molar-refractivity contribution in [3.63, 3.8) is 0 Å². The maximum Gasteiger partial charge on any atom is 0.320 e. The molecule has 2 aromatic heterocycles. The van der Waals surface area contributed by atoms with Gasteiger partial charge in [0.1, 0.15) is 5.82 Å². The summed E-state index contributed by atoms with van der Waals surface area (Å²) in [6.07, 6.45) is 6.09. The zero-order valence-corrected chi connectivity index (χ0v) is 17.9. The predicted molar refractivity (Wildman–Crippen MR) is 121 cm³/mol.